The summed E-state index contributed by atoms with van der Waals surface area (Å²) in [5.41, 5.74) is 2.75. The zero-order valence-electron chi connectivity index (χ0n) is 13.4. The number of carbonyl (C=O) groups excluding carboxylic acids is 1. The second-order valence-corrected chi connectivity index (χ2v) is 6.31. The van der Waals surface area contributed by atoms with Gasteiger partial charge in [-0.3, -0.25) is 9.78 Å². The largest absolute Gasteiger partial charge is 0.366 e. The topological polar surface area (TPSA) is 66.9 Å². The molecule has 0 saturated heterocycles. The molecule has 0 aliphatic heterocycles. The fourth-order valence-corrected chi connectivity index (χ4v) is 2.71. The van der Waals surface area contributed by atoms with Crippen LogP contribution in [-0.2, 0) is 17.8 Å². The van der Waals surface area contributed by atoms with E-state index in [1.54, 1.807) is 18.6 Å². The number of pyridine rings is 2. The van der Waals surface area contributed by atoms with Crippen molar-refractivity contribution in [1.29, 1.82) is 0 Å². The third-order valence-corrected chi connectivity index (χ3v) is 4.35. The second-order valence-electron chi connectivity index (χ2n) is 5.46. The van der Waals surface area contributed by atoms with Gasteiger partial charge in [0.1, 0.15) is 5.82 Å². The van der Waals surface area contributed by atoms with E-state index in [1.807, 2.05) is 48.5 Å². The van der Waals surface area contributed by atoms with Crippen LogP contribution in [0.2, 0.25) is 0 Å². The predicted octanol–water partition coefficient (Wildman–Crippen LogP) is 4.03. The normalized spacial score (nSPS) is 10.3. The maximum Gasteiger partial charge on any atom is 0.228 e. The monoisotopic (exact) mass is 396 g/mol. The molecule has 0 aliphatic carbocycles. The van der Waals surface area contributed by atoms with Crippen molar-refractivity contribution in [2.24, 2.45) is 0 Å². The first-order chi connectivity index (χ1) is 12.2. The molecule has 3 rings (SSSR count). The Labute approximate surface area is 154 Å². The van der Waals surface area contributed by atoms with E-state index in [0.717, 1.165) is 21.4 Å². The Kier molecular flexibility index (Phi) is 5.74. The quantitative estimate of drug-likeness (QED) is 0.659. The van der Waals surface area contributed by atoms with Crippen molar-refractivity contribution in [3.05, 3.63) is 82.7 Å². The van der Waals surface area contributed by atoms with E-state index in [-0.39, 0.29) is 5.91 Å². The summed E-state index contributed by atoms with van der Waals surface area (Å²) in [5.74, 6) is 0.673. The number of nitrogens with zero attached hydrogens (tertiary/aromatic N) is 2. The van der Waals surface area contributed by atoms with E-state index in [2.05, 4.69) is 36.5 Å². The standard InChI is InChI=1S/C19H17BrN4O/c20-17-4-2-1-3-15(17)11-19(25)24-16-5-6-18(23-13-16)22-12-14-7-9-21-10-8-14/h1-10,13H,11-12H2,(H,22,23)(H,24,25). The van der Waals surface area contributed by atoms with Gasteiger partial charge in [0.15, 0.2) is 0 Å². The first kappa shape index (κ1) is 17.1. The van der Waals surface area contributed by atoms with Gasteiger partial charge < -0.3 is 10.6 Å². The van der Waals surface area contributed by atoms with Crippen molar-refractivity contribution in [3.63, 3.8) is 0 Å². The molecule has 25 heavy (non-hydrogen) atoms. The maximum atomic E-state index is 12.1. The number of carbonyl (C=O) groups is 1. The fourth-order valence-electron chi connectivity index (χ4n) is 2.29. The predicted molar refractivity (Wildman–Crippen MR) is 102 cm³/mol. The van der Waals surface area contributed by atoms with Gasteiger partial charge >= 0.3 is 0 Å². The van der Waals surface area contributed by atoms with E-state index in [0.29, 0.717) is 18.7 Å². The van der Waals surface area contributed by atoms with Crippen LogP contribution in [0.15, 0.2) is 71.6 Å². The van der Waals surface area contributed by atoms with Crippen LogP contribution in [-0.4, -0.2) is 15.9 Å². The number of hydrogen-bond acceptors (Lipinski definition) is 4. The van der Waals surface area contributed by atoms with Crippen molar-refractivity contribution < 1.29 is 4.79 Å². The van der Waals surface area contributed by atoms with Crippen LogP contribution in [0, 0.1) is 0 Å². The highest BCUT2D eigenvalue weighted by molar-refractivity contribution is 9.10. The van der Waals surface area contributed by atoms with Crippen molar-refractivity contribution in [1.82, 2.24) is 9.97 Å². The SMILES string of the molecule is O=C(Cc1ccccc1Br)Nc1ccc(NCc2ccncc2)nc1. The molecule has 3 aromatic rings. The Morgan fingerprint density at radius 2 is 1.84 bits per heavy atom. The van der Waals surface area contributed by atoms with E-state index in [1.165, 1.54) is 0 Å². The highest BCUT2D eigenvalue weighted by Gasteiger charge is 2.07. The Morgan fingerprint density at radius 1 is 1.04 bits per heavy atom. The number of anilines is 2. The lowest BCUT2D eigenvalue weighted by Gasteiger charge is -2.08. The van der Waals surface area contributed by atoms with Gasteiger partial charge in [-0.25, -0.2) is 4.98 Å². The Balaban J connectivity index is 1.53. The molecule has 2 aromatic heterocycles. The van der Waals surface area contributed by atoms with Crippen LogP contribution in [0.3, 0.4) is 0 Å². The molecule has 0 radical (unpaired) electrons. The molecule has 0 aliphatic rings. The van der Waals surface area contributed by atoms with Crippen molar-refractivity contribution in [2.45, 2.75) is 13.0 Å². The van der Waals surface area contributed by atoms with Gasteiger partial charge in [0.05, 0.1) is 18.3 Å². The number of benzene rings is 1. The number of hydrogen-bond donors (Lipinski definition) is 2. The minimum Gasteiger partial charge on any atom is -0.366 e. The molecule has 126 valence electrons. The number of rotatable bonds is 6. The molecule has 0 atom stereocenters. The van der Waals surface area contributed by atoms with Gasteiger partial charge in [-0.15, -0.1) is 0 Å². The number of halogens is 1. The molecule has 0 spiro atoms. The maximum absolute atomic E-state index is 12.1. The zero-order valence-corrected chi connectivity index (χ0v) is 15.0. The molecule has 0 unspecified atom stereocenters. The first-order valence-corrected chi connectivity index (χ1v) is 8.62. The molecule has 2 N–H and O–H groups in total. The third kappa shape index (κ3) is 5.12. The van der Waals surface area contributed by atoms with E-state index in [9.17, 15) is 4.79 Å². The summed E-state index contributed by atoms with van der Waals surface area (Å²) in [5, 5.41) is 6.09. The number of aromatic nitrogens is 2. The Morgan fingerprint density at radius 3 is 2.56 bits per heavy atom. The lowest BCUT2D eigenvalue weighted by atomic mass is 10.1. The summed E-state index contributed by atoms with van der Waals surface area (Å²) in [6.07, 6.45) is 5.47. The minimum atomic E-state index is -0.0776. The molecule has 0 bridgehead atoms. The van der Waals surface area contributed by atoms with Crippen LogP contribution in [0.1, 0.15) is 11.1 Å². The van der Waals surface area contributed by atoms with Crippen LogP contribution in [0.4, 0.5) is 11.5 Å². The summed E-state index contributed by atoms with van der Waals surface area (Å²) in [7, 11) is 0. The molecular formula is C19H17BrN4O. The highest BCUT2D eigenvalue weighted by atomic mass is 79.9. The van der Waals surface area contributed by atoms with Gasteiger partial charge in [0, 0.05) is 23.4 Å². The second kappa shape index (κ2) is 8.39. The molecule has 0 fully saturated rings. The highest BCUT2D eigenvalue weighted by Crippen LogP contribution is 2.17. The molecule has 6 heteroatoms. The summed E-state index contributed by atoms with van der Waals surface area (Å²) in [6, 6.07) is 15.3. The average Bonchev–Trinajstić information content (AvgIpc) is 2.64. The van der Waals surface area contributed by atoms with Crippen molar-refractivity contribution in [2.75, 3.05) is 10.6 Å². The van der Waals surface area contributed by atoms with E-state index in [4.69, 9.17) is 0 Å². The van der Waals surface area contributed by atoms with Crippen LogP contribution < -0.4 is 10.6 Å². The first-order valence-electron chi connectivity index (χ1n) is 7.83. The Bertz CT molecular complexity index is 838. The molecule has 1 amide bonds. The third-order valence-electron chi connectivity index (χ3n) is 3.58. The smallest absolute Gasteiger partial charge is 0.228 e. The van der Waals surface area contributed by atoms with E-state index < -0.39 is 0 Å². The molecule has 2 heterocycles. The summed E-state index contributed by atoms with van der Waals surface area (Å²) in [4.78, 5) is 20.5. The summed E-state index contributed by atoms with van der Waals surface area (Å²) >= 11 is 3.45. The van der Waals surface area contributed by atoms with Gasteiger partial charge in [-0.2, -0.15) is 0 Å². The zero-order chi connectivity index (χ0) is 17.5. The van der Waals surface area contributed by atoms with Crippen molar-refractivity contribution in [3.8, 4) is 0 Å². The average molecular weight is 397 g/mol. The summed E-state index contributed by atoms with van der Waals surface area (Å²) in [6.45, 7) is 0.670. The van der Waals surface area contributed by atoms with Crippen LogP contribution in [0.25, 0.3) is 0 Å². The van der Waals surface area contributed by atoms with Crippen LogP contribution in [0.5, 0.6) is 0 Å². The van der Waals surface area contributed by atoms with E-state index >= 15 is 0 Å². The number of amides is 1. The minimum absolute atomic E-state index is 0.0776. The number of nitrogens with one attached hydrogen (secondary N) is 2. The Hall–Kier alpha value is -2.73. The molecular weight excluding hydrogens is 380 g/mol. The van der Waals surface area contributed by atoms with Crippen LogP contribution >= 0.6 is 15.9 Å². The van der Waals surface area contributed by atoms with Crippen molar-refractivity contribution >= 4 is 33.3 Å². The fraction of sp³-hybridized carbons (Fsp3) is 0.105. The lowest BCUT2D eigenvalue weighted by Crippen LogP contribution is -2.15. The molecule has 1 aromatic carbocycles. The van der Waals surface area contributed by atoms with Gasteiger partial charge in [-0.1, -0.05) is 34.1 Å². The molecule has 0 saturated carbocycles. The van der Waals surface area contributed by atoms with Gasteiger partial charge in [-0.05, 0) is 41.5 Å². The van der Waals surface area contributed by atoms with Gasteiger partial charge in [0.2, 0.25) is 5.91 Å². The molecule has 5 nitrogen and oxygen atoms in total. The lowest BCUT2D eigenvalue weighted by molar-refractivity contribution is -0.115. The summed E-state index contributed by atoms with van der Waals surface area (Å²) < 4.78 is 0.930. The van der Waals surface area contributed by atoms with Gasteiger partial charge in [0.25, 0.3) is 0 Å².